The van der Waals surface area contributed by atoms with Gasteiger partial charge in [0.25, 0.3) is 0 Å². The Kier molecular flexibility index (Phi) is 6.20. The molecule has 7 heteroatoms. The molecule has 0 spiro atoms. The fourth-order valence-electron chi connectivity index (χ4n) is 2.02. The number of amides is 2. The second kappa shape index (κ2) is 8.15. The fourth-order valence-corrected chi connectivity index (χ4v) is 2.31. The van der Waals surface area contributed by atoms with Crippen LogP contribution in [0.25, 0.3) is 0 Å². The van der Waals surface area contributed by atoms with Gasteiger partial charge in [0.1, 0.15) is 0 Å². The van der Waals surface area contributed by atoms with Crippen molar-refractivity contribution in [3.63, 3.8) is 0 Å². The van der Waals surface area contributed by atoms with Gasteiger partial charge in [0, 0.05) is 16.9 Å². The van der Waals surface area contributed by atoms with Crippen molar-refractivity contribution in [3.8, 4) is 0 Å². The molecule has 2 rings (SSSR count). The lowest BCUT2D eigenvalue weighted by Crippen LogP contribution is -2.22. The first-order valence-corrected chi connectivity index (χ1v) is 7.92. The van der Waals surface area contributed by atoms with Crippen LogP contribution in [-0.4, -0.2) is 37.4 Å². The third-order valence-corrected chi connectivity index (χ3v) is 3.82. The third-order valence-electron chi connectivity index (χ3n) is 3.08. The van der Waals surface area contributed by atoms with E-state index in [1.807, 2.05) is 14.1 Å². The van der Waals surface area contributed by atoms with Gasteiger partial charge in [0.15, 0.2) is 5.78 Å². The summed E-state index contributed by atoms with van der Waals surface area (Å²) in [5.41, 5.74) is 1.58. The molecule has 0 atom stereocenters. The number of hydrogen-bond donors (Lipinski definition) is 2. The second-order valence-electron chi connectivity index (χ2n) is 5.45. The lowest BCUT2D eigenvalue weighted by atomic mass is 10.1. The summed E-state index contributed by atoms with van der Waals surface area (Å²) in [5, 5.41) is 6.10. The molecular formula is C17H17Cl2N3O2. The molecule has 2 N–H and O–H groups in total. The van der Waals surface area contributed by atoms with E-state index >= 15 is 0 Å². The number of urea groups is 1. The van der Waals surface area contributed by atoms with Crippen LogP contribution in [-0.2, 0) is 0 Å². The van der Waals surface area contributed by atoms with Crippen LogP contribution >= 0.6 is 23.2 Å². The summed E-state index contributed by atoms with van der Waals surface area (Å²) < 4.78 is 0. The van der Waals surface area contributed by atoms with E-state index in [2.05, 4.69) is 10.6 Å². The van der Waals surface area contributed by atoms with Crippen molar-refractivity contribution >= 4 is 46.4 Å². The molecule has 5 nitrogen and oxygen atoms in total. The van der Waals surface area contributed by atoms with Gasteiger partial charge in [-0.15, -0.1) is 0 Å². The molecule has 0 radical (unpaired) electrons. The summed E-state index contributed by atoms with van der Waals surface area (Å²) in [6.45, 7) is 0.304. The Bertz CT molecular complexity index is 763. The van der Waals surface area contributed by atoms with Crippen LogP contribution in [0.1, 0.15) is 10.4 Å². The zero-order valence-electron chi connectivity index (χ0n) is 13.3. The first kappa shape index (κ1) is 18.3. The number of hydrogen-bond acceptors (Lipinski definition) is 3. The Morgan fingerprint density at radius 3 is 2.25 bits per heavy atom. The molecule has 0 fully saturated rings. The summed E-state index contributed by atoms with van der Waals surface area (Å²) in [6, 6.07) is 11.1. The predicted octanol–water partition coefficient (Wildman–Crippen LogP) is 4.38. The number of nitrogens with one attached hydrogen (secondary N) is 2. The van der Waals surface area contributed by atoms with Gasteiger partial charge in [-0.25, -0.2) is 4.79 Å². The van der Waals surface area contributed by atoms with Crippen molar-refractivity contribution in [1.82, 2.24) is 4.90 Å². The standard InChI is InChI=1S/C17H17Cl2N3O2/c1-22(2)10-16(23)11-4-3-5-12(8-11)20-17(24)21-13-6-7-14(18)15(19)9-13/h3-9H,10H2,1-2H3,(H2,20,21,24). The number of Topliss-reactive ketones (excluding diaryl/α,β-unsaturated/α-hetero) is 1. The highest BCUT2D eigenvalue weighted by Crippen LogP contribution is 2.25. The quantitative estimate of drug-likeness (QED) is 0.772. The van der Waals surface area contributed by atoms with Crippen LogP contribution in [0.15, 0.2) is 42.5 Å². The maximum Gasteiger partial charge on any atom is 0.323 e. The molecule has 2 aromatic carbocycles. The zero-order valence-corrected chi connectivity index (χ0v) is 14.8. The van der Waals surface area contributed by atoms with Crippen molar-refractivity contribution in [3.05, 3.63) is 58.1 Å². The molecule has 0 aliphatic rings. The number of ketones is 1. The molecule has 126 valence electrons. The largest absolute Gasteiger partial charge is 0.323 e. The van der Waals surface area contributed by atoms with Gasteiger partial charge in [-0.3, -0.25) is 4.79 Å². The minimum absolute atomic E-state index is 0.0199. The van der Waals surface area contributed by atoms with Crippen molar-refractivity contribution in [1.29, 1.82) is 0 Å². The minimum atomic E-state index is -0.439. The molecule has 0 aliphatic carbocycles. The average Bonchev–Trinajstić information content (AvgIpc) is 2.50. The highest BCUT2D eigenvalue weighted by molar-refractivity contribution is 6.42. The molecule has 0 saturated heterocycles. The summed E-state index contributed by atoms with van der Waals surface area (Å²) >= 11 is 11.7. The summed E-state index contributed by atoms with van der Waals surface area (Å²) in [5.74, 6) is -0.0199. The molecular weight excluding hydrogens is 349 g/mol. The number of likely N-dealkylation sites (N-methyl/N-ethyl adjacent to an activating group) is 1. The first-order valence-electron chi connectivity index (χ1n) is 7.16. The van der Waals surface area contributed by atoms with Crippen molar-refractivity contribution < 1.29 is 9.59 Å². The average molecular weight is 366 g/mol. The molecule has 0 bridgehead atoms. The van der Waals surface area contributed by atoms with Crippen LogP contribution in [0.3, 0.4) is 0 Å². The van der Waals surface area contributed by atoms with Crippen LogP contribution in [0.2, 0.25) is 10.0 Å². The van der Waals surface area contributed by atoms with E-state index in [-0.39, 0.29) is 5.78 Å². The van der Waals surface area contributed by atoms with Gasteiger partial charge >= 0.3 is 6.03 Å². The minimum Gasteiger partial charge on any atom is -0.308 e. The van der Waals surface area contributed by atoms with E-state index < -0.39 is 6.03 Å². The van der Waals surface area contributed by atoms with Crippen LogP contribution in [0.4, 0.5) is 16.2 Å². The smallest absolute Gasteiger partial charge is 0.308 e. The summed E-state index contributed by atoms with van der Waals surface area (Å²) in [6.07, 6.45) is 0. The Morgan fingerprint density at radius 1 is 0.958 bits per heavy atom. The number of benzene rings is 2. The number of nitrogens with zero attached hydrogens (tertiary/aromatic N) is 1. The van der Waals surface area contributed by atoms with E-state index in [9.17, 15) is 9.59 Å². The number of carbonyl (C=O) groups is 2. The van der Waals surface area contributed by atoms with Gasteiger partial charge in [-0.05, 0) is 44.4 Å². The number of halogens is 2. The molecule has 0 aliphatic heterocycles. The van der Waals surface area contributed by atoms with Crippen LogP contribution in [0.5, 0.6) is 0 Å². The highest BCUT2D eigenvalue weighted by Gasteiger charge is 2.09. The zero-order chi connectivity index (χ0) is 17.7. The summed E-state index contributed by atoms with van der Waals surface area (Å²) in [7, 11) is 3.65. The van der Waals surface area contributed by atoms with E-state index in [1.54, 1.807) is 47.4 Å². The van der Waals surface area contributed by atoms with Gasteiger partial charge < -0.3 is 15.5 Å². The normalized spacial score (nSPS) is 10.5. The van der Waals surface area contributed by atoms with E-state index in [4.69, 9.17) is 23.2 Å². The molecule has 24 heavy (non-hydrogen) atoms. The van der Waals surface area contributed by atoms with E-state index in [0.29, 0.717) is 33.5 Å². The molecule has 0 aromatic heterocycles. The number of anilines is 2. The van der Waals surface area contributed by atoms with Crippen molar-refractivity contribution in [2.24, 2.45) is 0 Å². The number of rotatable bonds is 5. The Morgan fingerprint density at radius 2 is 1.62 bits per heavy atom. The molecule has 0 saturated carbocycles. The Balaban J connectivity index is 2.03. The summed E-state index contributed by atoms with van der Waals surface area (Å²) in [4.78, 5) is 25.9. The van der Waals surface area contributed by atoms with Gasteiger partial charge in [-0.1, -0.05) is 35.3 Å². The van der Waals surface area contributed by atoms with Crippen LogP contribution < -0.4 is 10.6 Å². The third kappa shape index (κ3) is 5.23. The lowest BCUT2D eigenvalue weighted by Gasteiger charge is -2.11. The fraction of sp³-hybridized carbons (Fsp3) is 0.176. The maximum absolute atomic E-state index is 12.1. The molecule has 2 amide bonds. The topological polar surface area (TPSA) is 61.4 Å². The second-order valence-corrected chi connectivity index (χ2v) is 6.26. The molecule has 0 heterocycles. The molecule has 0 unspecified atom stereocenters. The first-order chi connectivity index (χ1) is 11.3. The van der Waals surface area contributed by atoms with Crippen molar-refractivity contribution in [2.45, 2.75) is 0 Å². The molecule has 2 aromatic rings. The van der Waals surface area contributed by atoms with E-state index in [1.165, 1.54) is 0 Å². The lowest BCUT2D eigenvalue weighted by molar-refractivity contribution is 0.0958. The SMILES string of the molecule is CN(C)CC(=O)c1cccc(NC(=O)Nc2ccc(Cl)c(Cl)c2)c1. The van der Waals surface area contributed by atoms with E-state index in [0.717, 1.165) is 0 Å². The van der Waals surface area contributed by atoms with Crippen LogP contribution in [0, 0.1) is 0 Å². The Labute approximate surface area is 150 Å². The maximum atomic E-state index is 12.1. The van der Waals surface area contributed by atoms with Gasteiger partial charge in [-0.2, -0.15) is 0 Å². The van der Waals surface area contributed by atoms with Crippen molar-refractivity contribution in [2.75, 3.05) is 31.3 Å². The Hall–Kier alpha value is -2.08. The predicted molar refractivity (Wildman–Crippen MR) is 98.4 cm³/mol. The monoisotopic (exact) mass is 365 g/mol. The highest BCUT2D eigenvalue weighted by atomic mass is 35.5. The van der Waals surface area contributed by atoms with Gasteiger partial charge in [0.2, 0.25) is 0 Å². The number of carbonyl (C=O) groups excluding carboxylic acids is 2. The van der Waals surface area contributed by atoms with Gasteiger partial charge in [0.05, 0.1) is 16.6 Å².